The molecule has 0 amide bonds. The van der Waals surface area contributed by atoms with Crippen molar-refractivity contribution in [2.75, 3.05) is 12.3 Å². The van der Waals surface area contributed by atoms with Crippen LogP contribution in [0, 0.1) is 0 Å². The molecule has 3 nitrogen and oxygen atoms in total. The zero-order chi connectivity index (χ0) is 9.73. The molecule has 0 aromatic rings. The highest BCUT2D eigenvalue weighted by atomic mass is 32.2. The highest BCUT2D eigenvalue weighted by Gasteiger charge is 2.20. The molecule has 13 heavy (non-hydrogen) atoms. The number of sulfone groups is 1. The van der Waals surface area contributed by atoms with Crippen LogP contribution in [-0.2, 0) is 9.84 Å². The molecule has 1 N–H and O–H groups in total. The van der Waals surface area contributed by atoms with Crippen molar-refractivity contribution >= 4 is 9.84 Å². The summed E-state index contributed by atoms with van der Waals surface area (Å²) in [6, 6.07) is 0.0434. The molecule has 0 bridgehead atoms. The maximum Gasteiger partial charge on any atom is 0.173 e. The summed E-state index contributed by atoms with van der Waals surface area (Å²) in [5, 5.41) is 4.52. The van der Waals surface area contributed by atoms with Gasteiger partial charge >= 0.3 is 0 Å². The molecule has 0 fully saturated rings. The van der Waals surface area contributed by atoms with Crippen LogP contribution in [0.3, 0.4) is 0 Å². The minimum Gasteiger partial charge on any atom is -0.310 e. The average Bonchev–Trinajstić information content (AvgIpc) is 2.40. The lowest BCUT2D eigenvalue weighted by atomic mass is 10.2. The fourth-order valence-corrected chi connectivity index (χ4v) is 2.64. The van der Waals surface area contributed by atoms with E-state index in [-0.39, 0.29) is 11.8 Å². The van der Waals surface area contributed by atoms with Crippen LogP contribution in [0.15, 0.2) is 11.5 Å². The smallest absolute Gasteiger partial charge is 0.173 e. The second-order valence-electron chi connectivity index (χ2n) is 3.43. The third-order valence-electron chi connectivity index (χ3n) is 2.12. The Morgan fingerprint density at radius 3 is 2.77 bits per heavy atom. The van der Waals surface area contributed by atoms with Crippen LogP contribution in [0.4, 0.5) is 0 Å². The molecule has 76 valence electrons. The van der Waals surface area contributed by atoms with Gasteiger partial charge < -0.3 is 5.32 Å². The van der Waals surface area contributed by atoms with Gasteiger partial charge in [-0.3, -0.25) is 0 Å². The highest BCUT2D eigenvalue weighted by Crippen LogP contribution is 2.07. The fraction of sp³-hybridized carbons (Fsp3) is 0.778. The SMILES string of the molecule is CCCCCNC1C=CS(=O)(=O)C1. The van der Waals surface area contributed by atoms with E-state index in [2.05, 4.69) is 12.2 Å². The second-order valence-corrected chi connectivity index (χ2v) is 5.36. The van der Waals surface area contributed by atoms with Crippen LogP contribution in [0.1, 0.15) is 26.2 Å². The Bertz CT molecular complexity index is 269. The molecule has 0 spiro atoms. The second kappa shape index (κ2) is 4.77. The minimum atomic E-state index is -2.88. The van der Waals surface area contributed by atoms with Gasteiger partial charge in [0.15, 0.2) is 9.84 Å². The molecular weight excluding hydrogens is 186 g/mol. The molecule has 1 unspecified atom stereocenters. The van der Waals surface area contributed by atoms with E-state index in [1.54, 1.807) is 6.08 Å². The van der Waals surface area contributed by atoms with Crippen molar-refractivity contribution in [3.63, 3.8) is 0 Å². The van der Waals surface area contributed by atoms with E-state index in [4.69, 9.17) is 0 Å². The van der Waals surface area contributed by atoms with Gasteiger partial charge in [-0.2, -0.15) is 0 Å². The van der Waals surface area contributed by atoms with Crippen LogP contribution >= 0.6 is 0 Å². The lowest BCUT2D eigenvalue weighted by Gasteiger charge is -2.08. The maximum atomic E-state index is 11.0. The van der Waals surface area contributed by atoms with Crippen LogP contribution in [0.5, 0.6) is 0 Å². The summed E-state index contributed by atoms with van der Waals surface area (Å²) < 4.78 is 22.0. The number of unbranched alkanes of at least 4 members (excludes halogenated alkanes) is 2. The van der Waals surface area contributed by atoms with Gasteiger partial charge in [0, 0.05) is 11.4 Å². The van der Waals surface area contributed by atoms with Crippen molar-refractivity contribution in [1.82, 2.24) is 5.32 Å². The first-order valence-electron chi connectivity index (χ1n) is 4.78. The first-order chi connectivity index (χ1) is 6.14. The molecule has 1 rings (SSSR count). The van der Waals surface area contributed by atoms with Gasteiger partial charge in [0.2, 0.25) is 0 Å². The zero-order valence-corrected chi connectivity index (χ0v) is 8.81. The maximum absolute atomic E-state index is 11.0. The standard InChI is InChI=1S/C9H17NO2S/c1-2-3-4-6-10-9-5-7-13(11,12)8-9/h5,7,9-10H,2-4,6,8H2,1H3. The number of nitrogens with one attached hydrogen (secondary N) is 1. The number of hydrogen-bond donors (Lipinski definition) is 1. The van der Waals surface area contributed by atoms with Gasteiger partial charge in [0.25, 0.3) is 0 Å². The van der Waals surface area contributed by atoms with Crippen molar-refractivity contribution in [3.05, 3.63) is 11.5 Å². The predicted octanol–water partition coefficient (Wildman–Crippen LogP) is 1.08. The van der Waals surface area contributed by atoms with Crippen LogP contribution < -0.4 is 5.32 Å². The van der Waals surface area contributed by atoms with Gasteiger partial charge in [-0.1, -0.05) is 25.8 Å². The molecule has 0 aliphatic carbocycles. The molecular formula is C9H17NO2S. The van der Waals surface area contributed by atoms with E-state index in [9.17, 15) is 8.42 Å². The van der Waals surface area contributed by atoms with E-state index >= 15 is 0 Å². The number of hydrogen-bond acceptors (Lipinski definition) is 3. The van der Waals surface area contributed by atoms with Crippen LogP contribution in [-0.4, -0.2) is 26.8 Å². The molecule has 0 aromatic heterocycles. The Morgan fingerprint density at radius 2 is 2.23 bits per heavy atom. The van der Waals surface area contributed by atoms with Gasteiger partial charge in [0.05, 0.1) is 5.75 Å². The third kappa shape index (κ3) is 3.91. The Balaban J connectivity index is 2.16. The normalized spacial score (nSPS) is 25.2. The summed E-state index contributed by atoms with van der Waals surface area (Å²) in [4.78, 5) is 0. The monoisotopic (exact) mass is 203 g/mol. The summed E-state index contributed by atoms with van der Waals surface area (Å²) in [5.74, 6) is 0.235. The summed E-state index contributed by atoms with van der Waals surface area (Å²) >= 11 is 0. The Kier molecular flexibility index (Phi) is 3.93. The lowest BCUT2D eigenvalue weighted by Crippen LogP contribution is -2.30. The molecule has 1 heterocycles. The molecule has 0 radical (unpaired) electrons. The molecule has 0 saturated heterocycles. The summed E-state index contributed by atoms with van der Waals surface area (Å²) in [6.45, 7) is 3.07. The van der Waals surface area contributed by atoms with Gasteiger partial charge in [0.1, 0.15) is 0 Å². The Hall–Kier alpha value is -0.350. The molecule has 1 aliphatic rings. The molecule has 1 atom stereocenters. The number of rotatable bonds is 5. The van der Waals surface area contributed by atoms with Crippen molar-refractivity contribution in [1.29, 1.82) is 0 Å². The van der Waals surface area contributed by atoms with E-state index < -0.39 is 9.84 Å². The van der Waals surface area contributed by atoms with Crippen LogP contribution in [0.25, 0.3) is 0 Å². The zero-order valence-electron chi connectivity index (χ0n) is 7.99. The summed E-state index contributed by atoms with van der Waals surface area (Å²) in [7, 11) is -2.88. The van der Waals surface area contributed by atoms with Crippen molar-refractivity contribution in [2.24, 2.45) is 0 Å². The quantitative estimate of drug-likeness (QED) is 0.680. The van der Waals surface area contributed by atoms with E-state index in [1.807, 2.05) is 0 Å². The van der Waals surface area contributed by atoms with Gasteiger partial charge in [-0.25, -0.2) is 8.42 Å². The summed E-state index contributed by atoms with van der Waals surface area (Å²) in [6.07, 6.45) is 5.26. The lowest BCUT2D eigenvalue weighted by molar-refractivity contribution is 0.573. The van der Waals surface area contributed by atoms with Gasteiger partial charge in [-0.05, 0) is 13.0 Å². The largest absolute Gasteiger partial charge is 0.310 e. The highest BCUT2D eigenvalue weighted by molar-refractivity contribution is 7.94. The van der Waals surface area contributed by atoms with E-state index in [0.717, 1.165) is 13.0 Å². The third-order valence-corrected chi connectivity index (χ3v) is 3.51. The van der Waals surface area contributed by atoms with E-state index in [0.29, 0.717) is 0 Å². The molecule has 1 aliphatic heterocycles. The molecule has 4 heteroatoms. The van der Waals surface area contributed by atoms with Gasteiger partial charge in [-0.15, -0.1) is 0 Å². The first-order valence-corrected chi connectivity index (χ1v) is 6.50. The van der Waals surface area contributed by atoms with Crippen LogP contribution in [0.2, 0.25) is 0 Å². The first kappa shape index (κ1) is 10.7. The van der Waals surface area contributed by atoms with Crippen molar-refractivity contribution in [2.45, 2.75) is 32.2 Å². The molecule has 0 aromatic carbocycles. The van der Waals surface area contributed by atoms with Crippen molar-refractivity contribution in [3.8, 4) is 0 Å². The van der Waals surface area contributed by atoms with Crippen molar-refractivity contribution < 1.29 is 8.42 Å². The topological polar surface area (TPSA) is 46.2 Å². The fourth-order valence-electron chi connectivity index (χ4n) is 1.37. The Labute approximate surface area is 80.1 Å². The van der Waals surface area contributed by atoms with E-state index in [1.165, 1.54) is 18.2 Å². The predicted molar refractivity (Wildman–Crippen MR) is 54.2 cm³/mol. The Morgan fingerprint density at radius 1 is 1.46 bits per heavy atom. The minimum absolute atomic E-state index is 0.0434. The average molecular weight is 203 g/mol. The molecule has 0 saturated carbocycles. The summed E-state index contributed by atoms with van der Waals surface area (Å²) in [5.41, 5.74) is 0.